The van der Waals surface area contributed by atoms with E-state index < -0.39 is 10.8 Å². The van der Waals surface area contributed by atoms with Crippen molar-refractivity contribution in [3.63, 3.8) is 0 Å². The van der Waals surface area contributed by atoms with Gasteiger partial charge in [-0.2, -0.15) is 0 Å². The van der Waals surface area contributed by atoms with Gasteiger partial charge in [-0.3, -0.25) is 14.9 Å². The normalized spacial score (nSPS) is 10.4. The summed E-state index contributed by atoms with van der Waals surface area (Å²) in [6, 6.07) is 4.29. The Morgan fingerprint density at radius 1 is 1.52 bits per heavy atom. The first-order valence-corrected chi connectivity index (χ1v) is 7.68. The lowest BCUT2D eigenvalue weighted by molar-refractivity contribution is -0.383. The maximum absolute atomic E-state index is 12.0. The Bertz CT molecular complexity index is 720. The summed E-state index contributed by atoms with van der Waals surface area (Å²) in [7, 11) is 0. The van der Waals surface area contributed by atoms with E-state index in [1.54, 1.807) is 0 Å². The van der Waals surface area contributed by atoms with Gasteiger partial charge in [0.2, 0.25) is 0 Å². The molecular weight excluding hydrogens is 382 g/mol. The van der Waals surface area contributed by atoms with Gasteiger partial charge in [-0.25, -0.2) is 0 Å². The second-order valence-electron chi connectivity index (χ2n) is 4.02. The van der Waals surface area contributed by atoms with Crippen LogP contribution in [-0.2, 0) is 6.54 Å². The fourth-order valence-corrected chi connectivity index (χ4v) is 3.25. The molecule has 0 aliphatic rings. The Hall–Kier alpha value is -1.64. The second kappa shape index (κ2) is 6.42. The van der Waals surface area contributed by atoms with E-state index in [2.05, 4.69) is 21.2 Å². The number of nitrogens with one attached hydrogen (secondary N) is 1. The number of thiophene rings is 1. The van der Waals surface area contributed by atoms with Gasteiger partial charge in [0.05, 0.1) is 16.5 Å². The van der Waals surface area contributed by atoms with E-state index in [1.807, 2.05) is 11.4 Å². The molecule has 21 heavy (non-hydrogen) atoms. The molecular formula is C12H9BrClN3O3S. The molecule has 0 saturated carbocycles. The number of nitro benzene ring substituents is 1. The number of nitrogens with two attached hydrogens (primary N) is 1. The Morgan fingerprint density at radius 2 is 2.24 bits per heavy atom. The van der Waals surface area contributed by atoms with E-state index in [1.165, 1.54) is 17.4 Å². The predicted octanol–water partition coefficient (Wildman–Crippen LogP) is 3.58. The fourth-order valence-electron chi connectivity index (χ4n) is 1.60. The number of nitro groups is 1. The molecule has 1 aromatic heterocycles. The van der Waals surface area contributed by atoms with Gasteiger partial charge in [0.1, 0.15) is 5.69 Å². The molecule has 9 heteroatoms. The van der Waals surface area contributed by atoms with E-state index in [4.69, 9.17) is 17.3 Å². The number of hydrogen-bond donors (Lipinski definition) is 2. The van der Waals surface area contributed by atoms with Crippen LogP contribution < -0.4 is 11.1 Å². The molecule has 6 nitrogen and oxygen atoms in total. The lowest BCUT2D eigenvalue weighted by atomic mass is 10.1. The summed E-state index contributed by atoms with van der Waals surface area (Å²) in [6.45, 7) is 0.312. The highest BCUT2D eigenvalue weighted by Gasteiger charge is 2.19. The number of amides is 1. The number of carbonyl (C=O) groups excluding carboxylic acids is 1. The van der Waals surface area contributed by atoms with Crippen LogP contribution in [-0.4, -0.2) is 10.8 Å². The third-order valence-corrected chi connectivity index (χ3v) is 4.91. The minimum atomic E-state index is -0.673. The fraction of sp³-hybridized carbons (Fsp3) is 0.0833. The minimum Gasteiger partial charge on any atom is -0.392 e. The molecule has 3 N–H and O–H groups in total. The van der Waals surface area contributed by atoms with Crippen LogP contribution in [0.5, 0.6) is 0 Å². The number of nitrogens with zero attached hydrogens (tertiary/aromatic N) is 1. The van der Waals surface area contributed by atoms with Crippen molar-refractivity contribution in [2.24, 2.45) is 0 Å². The molecule has 0 bridgehead atoms. The molecule has 1 aromatic carbocycles. The molecule has 0 fully saturated rings. The smallest absolute Gasteiger partial charge is 0.294 e. The summed E-state index contributed by atoms with van der Waals surface area (Å²) < 4.78 is 0.897. The van der Waals surface area contributed by atoms with Gasteiger partial charge in [0, 0.05) is 21.0 Å². The van der Waals surface area contributed by atoms with Crippen molar-refractivity contribution < 1.29 is 9.72 Å². The van der Waals surface area contributed by atoms with Crippen molar-refractivity contribution in [3.8, 4) is 0 Å². The van der Waals surface area contributed by atoms with Gasteiger partial charge in [0.15, 0.2) is 0 Å². The highest BCUT2D eigenvalue weighted by molar-refractivity contribution is 9.10. The number of nitrogen functional groups attached to an aromatic ring is 1. The first kappa shape index (κ1) is 15.7. The number of carbonyl (C=O) groups is 1. The highest BCUT2D eigenvalue weighted by Crippen LogP contribution is 2.31. The summed E-state index contributed by atoms with van der Waals surface area (Å²) in [5.41, 5.74) is 5.07. The first-order valence-electron chi connectivity index (χ1n) is 5.63. The quantitative estimate of drug-likeness (QED) is 0.473. The molecule has 0 atom stereocenters. The Balaban J connectivity index is 2.20. The zero-order chi connectivity index (χ0) is 15.6. The minimum absolute atomic E-state index is 0.0216. The van der Waals surface area contributed by atoms with Gasteiger partial charge in [-0.1, -0.05) is 11.6 Å². The van der Waals surface area contributed by atoms with Crippen LogP contribution in [0.3, 0.4) is 0 Å². The zero-order valence-corrected chi connectivity index (χ0v) is 13.6. The van der Waals surface area contributed by atoms with Gasteiger partial charge in [-0.15, -0.1) is 11.3 Å². The van der Waals surface area contributed by atoms with Gasteiger partial charge >= 0.3 is 0 Å². The molecule has 1 heterocycles. The van der Waals surface area contributed by atoms with Crippen LogP contribution in [0.4, 0.5) is 11.4 Å². The number of hydrogen-bond acceptors (Lipinski definition) is 5. The molecule has 2 rings (SSSR count). The van der Waals surface area contributed by atoms with Crippen LogP contribution in [0.1, 0.15) is 15.2 Å². The number of anilines is 1. The summed E-state index contributed by atoms with van der Waals surface area (Å²) in [6.07, 6.45) is 0. The number of rotatable bonds is 4. The summed E-state index contributed by atoms with van der Waals surface area (Å²) in [5.74, 6) is -0.458. The summed E-state index contributed by atoms with van der Waals surface area (Å²) in [5, 5.41) is 15.4. The Labute approximate surface area is 137 Å². The van der Waals surface area contributed by atoms with Crippen molar-refractivity contribution >= 4 is 56.1 Å². The predicted molar refractivity (Wildman–Crippen MR) is 85.7 cm³/mol. The maximum atomic E-state index is 12.0. The van der Waals surface area contributed by atoms with E-state index in [0.717, 1.165) is 15.4 Å². The van der Waals surface area contributed by atoms with Crippen LogP contribution in [0.15, 0.2) is 28.1 Å². The highest BCUT2D eigenvalue weighted by atomic mass is 79.9. The molecule has 0 aliphatic heterocycles. The Morgan fingerprint density at radius 3 is 2.81 bits per heavy atom. The zero-order valence-electron chi connectivity index (χ0n) is 10.4. The van der Waals surface area contributed by atoms with E-state index in [-0.39, 0.29) is 22.0 Å². The third kappa shape index (κ3) is 3.52. The number of halogens is 2. The topological polar surface area (TPSA) is 98.3 Å². The molecule has 110 valence electrons. The molecule has 2 aromatic rings. The van der Waals surface area contributed by atoms with Crippen LogP contribution in [0.2, 0.25) is 5.02 Å². The van der Waals surface area contributed by atoms with Gasteiger partial charge in [0.25, 0.3) is 11.6 Å². The second-order valence-corrected chi connectivity index (χ2v) is 6.28. The van der Waals surface area contributed by atoms with Crippen molar-refractivity contribution in [1.29, 1.82) is 0 Å². The van der Waals surface area contributed by atoms with Crippen molar-refractivity contribution in [3.05, 3.63) is 53.6 Å². The summed E-state index contributed by atoms with van der Waals surface area (Å²) >= 11 is 10.7. The van der Waals surface area contributed by atoms with Gasteiger partial charge < -0.3 is 11.1 Å². The van der Waals surface area contributed by atoms with E-state index in [0.29, 0.717) is 6.54 Å². The average Bonchev–Trinajstić information content (AvgIpc) is 2.84. The summed E-state index contributed by atoms with van der Waals surface area (Å²) in [4.78, 5) is 23.2. The van der Waals surface area contributed by atoms with Gasteiger partial charge in [-0.05, 0) is 33.4 Å². The molecule has 0 radical (unpaired) electrons. The van der Waals surface area contributed by atoms with Crippen molar-refractivity contribution in [1.82, 2.24) is 5.32 Å². The molecule has 0 spiro atoms. The molecule has 0 saturated heterocycles. The molecule has 0 aliphatic carbocycles. The third-order valence-electron chi connectivity index (χ3n) is 2.67. The van der Waals surface area contributed by atoms with E-state index in [9.17, 15) is 14.9 Å². The Kier molecular flexibility index (Phi) is 4.81. The largest absolute Gasteiger partial charge is 0.392 e. The average molecular weight is 391 g/mol. The SMILES string of the molecule is Nc1c(Cl)cc(C(=O)NCc2sccc2Br)cc1[N+](=O)[O-]. The first-order chi connectivity index (χ1) is 9.90. The molecule has 1 amide bonds. The standard InChI is InChI=1S/C12H9BrClN3O3S/c13-7-1-2-21-10(7)5-16-12(18)6-3-8(14)11(15)9(4-6)17(19)20/h1-4H,5,15H2,(H,16,18). The van der Waals surface area contributed by atoms with Crippen LogP contribution >= 0.6 is 38.9 Å². The monoisotopic (exact) mass is 389 g/mol. The number of benzene rings is 1. The van der Waals surface area contributed by atoms with Crippen LogP contribution in [0, 0.1) is 10.1 Å². The lowest BCUT2D eigenvalue weighted by Gasteiger charge is -2.07. The van der Waals surface area contributed by atoms with Crippen molar-refractivity contribution in [2.45, 2.75) is 6.54 Å². The maximum Gasteiger partial charge on any atom is 0.294 e. The van der Waals surface area contributed by atoms with E-state index >= 15 is 0 Å². The van der Waals surface area contributed by atoms with Crippen molar-refractivity contribution in [2.75, 3.05) is 5.73 Å². The lowest BCUT2D eigenvalue weighted by Crippen LogP contribution is -2.22. The van der Waals surface area contributed by atoms with Crippen LogP contribution in [0.25, 0.3) is 0 Å². The molecule has 0 unspecified atom stereocenters.